The van der Waals surface area contributed by atoms with E-state index in [4.69, 9.17) is 11.6 Å². The second kappa shape index (κ2) is 6.63. The van der Waals surface area contributed by atoms with Crippen molar-refractivity contribution in [2.24, 2.45) is 0 Å². The minimum atomic E-state index is -0.422. The van der Waals surface area contributed by atoms with Crippen molar-refractivity contribution in [3.63, 3.8) is 0 Å². The molecule has 0 atom stereocenters. The summed E-state index contributed by atoms with van der Waals surface area (Å²) in [5.41, 5.74) is 1.71. The van der Waals surface area contributed by atoms with Crippen LogP contribution in [0.4, 0.5) is 11.4 Å². The summed E-state index contributed by atoms with van der Waals surface area (Å²) >= 11 is 7.72. The van der Waals surface area contributed by atoms with Gasteiger partial charge in [0.25, 0.3) is 5.69 Å². The highest BCUT2D eigenvalue weighted by Gasteiger charge is 2.09. The van der Waals surface area contributed by atoms with Crippen LogP contribution < -0.4 is 5.32 Å². The van der Waals surface area contributed by atoms with Crippen LogP contribution in [0.3, 0.4) is 0 Å². The van der Waals surface area contributed by atoms with E-state index in [1.807, 2.05) is 30.5 Å². The molecule has 2 rings (SSSR count). The van der Waals surface area contributed by atoms with Gasteiger partial charge in [-0.2, -0.15) is 0 Å². The van der Waals surface area contributed by atoms with Gasteiger partial charge < -0.3 is 5.32 Å². The fraction of sp³-hybridized carbons (Fsp3) is 0.143. The average Bonchev–Trinajstić information content (AvgIpc) is 2.46. The monoisotopic (exact) mass is 308 g/mol. The van der Waals surface area contributed by atoms with E-state index in [2.05, 4.69) is 5.32 Å². The molecule has 0 bridgehead atoms. The van der Waals surface area contributed by atoms with Gasteiger partial charge in [-0.15, -0.1) is 11.8 Å². The minimum Gasteiger partial charge on any atom is -0.381 e. The lowest BCUT2D eigenvalue weighted by Gasteiger charge is -2.09. The van der Waals surface area contributed by atoms with Gasteiger partial charge in [-0.05, 0) is 36.1 Å². The van der Waals surface area contributed by atoms with Gasteiger partial charge in [0.05, 0.1) is 4.92 Å². The molecule has 0 radical (unpaired) electrons. The minimum absolute atomic E-state index is 0.0454. The predicted molar refractivity (Wildman–Crippen MR) is 83.7 cm³/mol. The van der Waals surface area contributed by atoms with Crippen LogP contribution >= 0.6 is 23.4 Å². The van der Waals surface area contributed by atoms with Gasteiger partial charge in [0.2, 0.25) is 0 Å². The van der Waals surface area contributed by atoms with Crippen LogP contribution in [0.2, 0.25) is 5.02 Å². The molecule has 0 aromatic heterocycles. The molecule has 0 heterocycles. The van der Waals surface area contributed by atoms with E-state index in [0.717, 1.165) is 10.6 Å². The molecule has 0 fully saturated rings. The fourth-order valence-corrected chi connectivity index (χ4v) is 2.38. The number of hydrogen-bond acceptors (Lipinski definition) is 4. The van der Waals surface area contributed by atoms with E-state index < -0.39 is 4.92 Å². The molecule has 2 aromatic rings. The van der Waals surface area contributed by atoms with E-state index in [1.165, 1.54) is 12.1 Å². The van der Waals surface area contributed by atoms with E-state index in [0.29, 0.717) is 17.1 Å². The van der Waals surface area contributed by atoms with Gasteiger partial charge in [0, 0.05) is 34.3 Å². The molecule has 0 saturated carbocycles. The maximum atomic E-state index is 10.8. The summed E-state index contributed by atoms with van der Waals surface area (Å²) in [6.45, 7) is 0.443. The van der Waals surface area contributed by atoms with Crippen LogP contribution in [0, 0.1) is 10.1 Å². The highest BCUT2D eigenvalue weighted by molar-refractivity contribution is 7.98. The SMILES string of the molecule is CSc1cccc(NCc2cc([N+](=O)[O-])ccc2Cl)c1. The molecule has 2 aromatic carbocycles. The van der Waals surface area contributed by atoms with Crippen molar-refractivity contribution in [2.75, 3.05) is 11.6 Å². The molecule has 1 N–H and O–H groups in total. The zero-order valence-corrected chi connectivity index (χ0v) is 12.4. The van der Waals surface area contributed by atoms with Gasteiger partial charge in [-0.3, -0.25) is 10.1 Å². The van der Waals surface area contributed by atoms with Crippen molar-refractivity contribution >= 4 is 34.7 Å². The number of rotatable bonds is 5. The third kappa shape index (κ3) is 3.65. The molecular weight excluding hydrogens is 296 g/mol. The Hall–Kier alpha value is -1.72. The van der Waals surface area contributed by atoms with Gasteiger partial charge in [-0.1, -0.05) is 17.7 Å². The molecule has 104 valence electrons. The Bertz CT molecular complexity index is 634. The van der Waals surface area contributed by atoms with Crippen molar-refractivity contribution in [1.29, 1.82) is 0 Å². The molecule has 0 saturated heterocycles. The van der Waals surface area contributed by atoms with Crippen LogP contribution in [0.25, 0.3) is 0 Å². The summed E-state index contributed by atoms with van der Waals surface area (Å²) in [5, 5.41) is 14.5. The van der Waals surface area contributed by atoms with Crippen LogP contribution in [-0.4, -0.2) is 11.2 Å². The van der Waals surface area contributed by atoms with Crippen molar-refractivity contribution < 1.29 is 4.92 Å². The number of nitrogens with one attached hydrogen (secondary N) is 1. The van der Waals surface area contributed by atoms with Gasteiger partial charge in [0.1, 0.15) is 0 Å². The van der Waals surface area contributed by atoms with E-state index in [1.54, 1.807) is 17.8 Å². The topological polar surface area (TPSA) is 55.2 Å². The second-order valence-electron chi connectivity index (χ2n) is 4.12. The summed E-state index contributed by atoms with van der Waals surface area (Å²) in [6, 6.07) is 12.4. The largest absolute Gasteiger partial charge is 0.381 e. The lowest BCUT2D eigenvalue weighted by Crippen LogP contribution is -2.01. The number of benzene rings is 2. The molecular formula is C14H13ClN2O2S. The summed E-state index contributed by atoms with van der Waals surface area (Å²) in [5.74, 6) is 0. The maximum absolute atomic E-state index is 10.8. The lowest BCUT2D eigenvalue weighted by atomic mass is 10.2. The summed E-state index contributed by atoms with van der Waals surface area (Å²) in [6.07, 6.45) is 2.01. The molecule has 0 spiro atoms. The molecule has 6 heteroatoms. The van der Waals surface area contributed by atoms with E-state index >= 15 is 0 Å². The number of nitrogens with zero attached hydrogens (tertiary/aromatic N) is 1. The Morgan fingerprint density at radius 3 is 2.80 bits per heavy atom. The van der Waals surface area contributed by atoms with E-state index in [9.17, 15) is 10.1 Å². The van der Waals surface area contributed by atoms with Crippen molar-refractivity contribution in [2.45, 2.75) is 11.4 Å². The number of halogens is 1. The zero-order chi connectivity index (χ0) is 14.5. The van der Waals surface area contributed by atoms with Gasteiger partial charge in [-0.25, -0.2) is 0 Å². The molecule has 0 aliphatic rings. The normalized spacial score (nSPS) is 10.3. The maximum Gasteiger partial charge on any atom is 0.269 e. The third-order valence-corrected chi connectivity index (χ3v) is 3.89. The fourth-order valence-electron chi connectivity index (χ4n) is 1.74. The quantitative estimate of drug-likeness (QED) is 0.499. The average molecular weight is 309 g/mol. The van der Waals surface area contributed by atoms with Crippen LogP contribution in [0.1, 0.15) is 5.56 Å². The molecule has 4 nitrogen and oxygen atoms in total. The Labute approximate surface area is 126 Å². The predicted octanol–water partition coefficient (Wildman–Crippen LogP) is 4.58. The number of anilines is 1. The Kier molecular flexibility index (Phi) is 4.87. The first kappa shape index (κ1) is 14.7. The van der Waals surface area contributed by atoms with Crippen LogP contribution in [0.5, 0.6) is 0 Å². The van der Waals surface area contributed by atoms with Crippen LogP contribution in [0.15, 0.2) is 47.4 Å². The Morgan fingerprint density at radius 2 is 2.10 bits per heavy atom. The number of hydrogen-bond donors (Lipinski definition) is 1. The van der Waals surface area contributed by atoms with Crippen LogP contribution in [-0.2, 0) is 6.54 Å². The third-order valence-electron chi connectivity index (χ3n) is 2.79. The Morgan fingerprint density at radius 1 is 1.30 bits per heavy atom. The number of nitro benzene ring substituents is 1. The standard InChI is InChI=1S/C14H13ClN2O2S/c1-20-13-4-2-3-11(8-13)16-9-10-7-12(17(18)19)5-6-14(10)15/h2-8,16H,9H2,1H3. The smallest absolute Gasteiger partial charge is 0.269 e. The molecule has 20 heavy (non-hydrogen) atoms. The van der Waals surface area contributed by atoms with Gasteiger partial charge >= 0.3 is 0 Å². The lowest BCUT2D eigenvalue weighted by molar-refractivity contribution is -0.384. The molecule has 0 aliphatic carbocycles. The number of nitro groups is 1. The number of thioether (sulfide) groups is 1. The number of non-ortho nitro benzene ring substituents is 1. The summed E-state index contributed by atoms with van der Waals surface area (Å²) in [4.78, 5) is 11.5. The summed E-state index contributed by atoms with van der Waals surface area (Å²) < 4.78 is 0. The summed E-state index contributed by atoms with van der Waals surface area (Å²) in [7, 11) is 0. The van der Waals surface area contributed by atoms with E-state index in [-0.39, 0.29) is 5.69 Å². The molecule has 0 aliphatic heterocycles. The first-order valence-electron chi connectivity index (χ1n) is 5.91. The molecule has 0 amide bonds. The first-order valence-corrected chi connectivity index (χ1v) is 7.51. The van der Waals surface area contributed by atoms with Crippen molar-refractivity contribution in [1.82, 2.24) is 0 Å². The second-order valence-corrected chi connectivity index (χ2v) is 5.41. The van der Waals surface area contributed by atoms with Gasteiger partial charge in [0.15, 0.2) is 0 Å². The zero-order valence-electron chi connectivity index (χ0n) is 10.8. The molecule has 0 unspecified atom stereocenters. The first-order chi connectivity index (χ1) is 9.60. The van der Waals surface area contributed by atoms with Crippen molar-refractivity contribution in [3.05, 3.63) is 63.2 Å². The Balaban J connectivity index is 2.13. The highest BCUT2D eigenvalue weighted by atomic mass is 35.5. The highest BCUT2D eigenvalue weighted by Crippen LogP contribution is 2.24. The van der Waals surface area contributed by atoms with Crippen molar-refractivity contribution in [3.8, 4) is 0 Å².